The average molecular weight is 279 g/mol. The summed E-state index contributed by atoms with van der Waals surface area (Å²) < 4.78 is 2.06. The number of aromatic nitrogens is 3. The minimum absolute atomic E-state index is 0.602. The van der Waals surface area contributed by atoms with E-state index in [0.29, 0.717) is 12.0 Å². The van der Waals surface area contributed by atoms with Gasteiger partial charge in [0.1, 0.15) is 12.2 Å². The molecule has 1 aliphatic rings. The molecule has 1 atom stereocenters. The Morgan fingerprint density at radius 3 is 2.95 bits per heavy atom. The third-order valence-corrected chi connectivity index (χ3v) is 3.94. The van der Waals surface area contributed by atoms with Crippen LogP contribution < -0.4 is 5.32 Å². The molecule has 20 heavy (non-hydrogen) atoms. The largest absolute Gasteiger partial charge is 0.313 e. The lowest BCUT2D eigenvalue weighted by molar-refractivity contribution is 0.217. The molecule has 1 aromatic heterocycles. The summed E-state index contributed by atoms with van der Waals surface area (Å²) in [4.78, 5) is 6.92. The first-order valence-electron chi connectivity index (χ1n) is 8.01. The van der Waals surface area contributed by atoms with Crippen molar-refractivity contribution in [2.24, 2.45) is 5.92 Å². The van der Waals surface area contributed by atoms with Gasteiger partial charge < -0.3 is 5.32 Å². The number of rotatable bonds is 7. The monoisotopic (exact) mass is 279 g/mol. The molecule has 5 nitrogen and oxygen atoms in total. The van der Waals surface area contributed by atoms with Crippen molar-refractivity contribution in [1.29, 1.82) is 0 Å². The molecule has 0 saturated carbocycles. The summed E-state index contributed by atoms with van der Waals surface area (Å²) >= 11 is 0. The van der Waals surface area contributed by atoms with Gasteiger partial charge in [0.15, 0.2) is 0 Å². The summed E-state index contributed by atoms with van der Waals surface area (Å²) in [7, 11) is 0. The Balaban J connectivity index is 1.90. The molecule has 1 saturated heterocycles. The van der Waals surface area contributed by atoms with Crippen molar-refractivity contribution in [2.45, 2.75) is 59.2 Å². The summed E-state index contributed by atoms with van der Waals surface area (Å²) in [6.45, 7) is 11.9. The fraction of sp³-hybridized carbons (Fsp3) is 0.867. The van der Waals surface area contributed by atoms with Crippen LogP contribution >= 0.6 is 0 Å². The normalized spacial score (nSPS) is 19.9. The molecule has 0 aliphatic carbocycles. The van der Waals surface area contributed by atoms with Gasteiger partial charge in [0.05, 0.1) is 6.54 Å². The van der Waals surface area contributed by atoms with Crippen molar-refractivity contribution in [2.75, 3.05) is 19.6 Å². The van der Waals surface area contributed by atoms with Crippen molar-refractivity contribution < 1.29 is 0 Å². The first kappa shape index (κ1) is 15.4. The molecule has 1 aromatic rings. The molecule has 2 heterocycles. The molecule has 114 valence electrons. The van der Waals surface area contributed by atoms with Crippen LogP contribution in [0.15, 0.2) is 6.33 Å². The van der Waals surface area contributed by atoms with Gasteiger partial charge >= 0.3 is 0 Å². The fourth-order valence-corrected chi connectivity index (χ4v) is 2.81. The minimum atomic E-state index is 0.602. The van der Waals surface area contributed by atoms with Gasteiger partial charge in [-0.3, -0.25) is 4.90 Å². The van der Waals surface area contributed by atoms with E-state index < -0.39 is 0 Å². The molecule has 2 rings (SSSR count). The summed E-state index contributed by atoms with van der Waals surface area (Å²) in [6.07, 6.45) is 5.67. The van der Waals surface area contributed by atoms with Gasteiger partial charge in [0.2, 0.25) is 0 Å². The van der Waals surface area contributed by atoms with E-state index in [9.17, 15) is 0 Å². The molecule has 0 aromatic carbocycles. The van der Waals surface area contributed by atoms with Crippen molar-refractivity contribution >= 4 is 0 Å². The lowest BCUT2D eigenvalue weighted by Gasteiger charge is -2.29. The standard InChI is InChI=1S/C15H29N5/c1-4-19(10-14-7-5-6-8-16-14)11-15-17-12-18-20(15)9-13(2)3/h12-14,16H,4-11H2,1-3H3. The molecule has 0 bridgehead atoms. The maximum atomic E-state index is 4.44. The second kappa shape index (κ2) is 7.74. The molecular formula is C15H29N5. The lowest BCUT2D eigenvalue weighted by atomic mass is 10.0. The SMILES string of the molecule is CCN(Cc1ncnn1CC(C)C)CC1CCCCN1. The summed E-state index contributed by atoms with van der Waals surface area (Å²) in [5, 5.41) is 7.98. The van der Waals surface area contributed by atoms with E-state index in [1.165, 1.54) is 25.8 Å². The number of hydrogen-bond donors (Lipinski definition) is 1. The van der Waals surface area contributed by atoms with E-state index in [1.807, 2.05) is 0 Å². The highest BCUT2D eigenvalue weighted by atomic mass is 15.3. The Morgan fingerprint density at radius 2 is 2.30 bits per heavy atom. The molecule has 1 unspecified atom stereocenters. The predicted molar refractivity (Wildman–Crippen MR) is 81.5 cm³/mol. The Morgan fingerprint density at radius 1 is 1.45 bits per heavy atom. The molecule has 0 spiro atoms. The van der Waals surface area contributed by atoms with E-state index in [-0.39, 0.29) is 0 Å². The molecule has 5 heteroatoms. The van der Waals surface area contributed by atoms with Crippen LogP contribution in [0.1, 0.15) is 45.9 Å². The van der Waals surface area contributed by atoms with Crippen molar-refractivity contribution in [1.82, 2.24) is 25.0 Å². The summed E-state index contributed by atoms with van der Waals surface area (Å²) in [5.74, 6) is 1.70. The highest BCUT2D eigenvalue weighted by Gasteiger charge is 2.17. The van der Waals surface area contributed by atoms with Gasteiger partial charge in [-0.05, 0) is 31.8 Å². The molecule has 1 fully saturated rings. The Bertz CT molecular complexity index is 381. The third-order valence-electron chi connectivity index (χ3n) is 3.94. The second-order valence-corrected chi connectivity index (χ2v) is 6.23. The topological polar surface area (TPSA) is 46.0 Å². The molecule has 1 aliphatic heterocycles. The second-order valence-electron chi connectivity index (χ2n) is 6.23. The minimum Gasteiger partial charge on any atom is -0.313 e. The van der Waals surface area contributed by atoms with E-state index in [1.54, 1.807) is 6.33 Å². The predicted octanol–water partition coefficient (Wildman–Crippen LogP) is 1.90. The number of likely N-dealkylation sites (N-methyl/N-ethyl adjacent to an activating group) is 1. The maximum Gasteiger partial charge on any atom is 0.141 e. The number of nitrogens with zero attached hydrogens (tertiary/aromatic N) is 4. The van der Waals surface area contributed by atoms with Crippen LogP contribution in [0.3, 0.4) is 0 Å². The zero-order chi connectivity index (χ0) is 14.4. The van der Waals surface area contributed by atoms with E-state index >= 15 is 0 Å². The van der Waals surface area contributed by atoms with E-state index in [4.69, 9.17) is 0 Å². The first-order chi connectivity index (χ1) is 9.69. The molecule has 0 amide bonds. The molecular weight excluding hydrogens is 250 g/mol. The van der Waals surface area contributed by atoms with Gasteiger partial charge in [-0.1, -0.05) is 27.2 Å². The fourth-order valence-electron chi connectivity index (χ4n) is 2.81. The highest BCUT2D eigenvalue weighted by molar-refractivity contribution is 4.86. The summed E-state index contributed by atoms with van der Waals surface area (Å²) in [5.41, 5.74) is 0. The van der Waals surface area contributed by atoms with Gasteiger partial charge in [-0.15, -0.1) is 0 Å². The zero-order valence-corrected chi connectivity index (χ0v) is 13.2. The Labute approximate surface area is 122 Å². The van der Waals surface area contributed by atoms with E-state index in [2.05, 4.69) is 45.8 Å². The first-order valence-corrected chi connectivity index (χ1v) is 8.01. The van der Waals surface area contributed by atoms with Crippen LogP contribution in [0.25, 0.3) is 0 Å². The smallest absolute Gasteiger partial charge is 0.141 e. The van der Waals surface area contributed by atoms with Gasteiger partial charge in [-0.25, -0.2) is 9.67 Å². The number of nitrogens with one attached hydrogen (secondary N) is 1. The highest BCUT2D eigenvalue weighted by Crippen LogP contribution is 2.11. The maximum absolute atomic E-state index is 4.44. The average Bonchev–Trinajstić information content (AvgIpc) is 2.85. The molecule has 1 N–H and O–H groups in total. The zero-order valence-electron chi connectivity index (χ0n) is 13.2. The van der Waals surface area contributed by atoms with Gasteiger partial charge in [0, 0.05) is 19.1 Å². The van der Waals surface area contributed by atoms with Crippen LogP contribution in [0.4, 0.5) is 0 Å². The van der Waals surface area contributed by atoms with Crippen LogP contribution in [0.2, 0.25) is 0 Å². The lowest BCUT2D eigenvalue weighted by Crippen LogP contribution is -2.43. The van der Waals surface area contributed by atoms with Crippen LogP contribution in [0.5, 0.6) is 0 Å². The third kappa shape index (κ3) is 4.56. The number of hydrogen-bond acceptors (Lipinski definition) is 4. The van der Waals surface area contributed by atoms with Crippen molar-refractivity contribution in [3.8, 4) is 0 Å². The van der Waals surface area contributed by atoms with Crippen molar-refractivity contribution in [3.63, 3.8) is 0 Å². The van der Waals surface area contributed by atoms with Crippen LogP contribution in [0, 0.1) is 5.92 Å². The quantitative estimate of drug-likeness (QED) is 0.828. The van der Waals surface area contributed by atoms with Crippen LogP contribution in [-0.2, 0) is 13.1 Å². The molecule has 0 radical (unpaired) electrons. The van der Waals surface area contributed by atoms with E-state index in [0.717, 1.165) is 32.0 Å². The number of piperidine rings is 1. The van der Waals surface area contributed by atoms with Gasteiger partial charge in [0.25, 0.3) is 0 Å². The summed E-state index contributed by atoms with van der Waals surface area (Å²) in [6, 6.07) is 0.644. The Hall–Kier alpha value is -0.940. The van der Waals surface area contributed by atoms with Crippen molar-refractivity contribution in [3.05, 3.63) is 12.2 Å². The Kier molecular flexibility index (Phi) is 5.98. The van der Waals surface area contributed by atoms with Gasteiger partial charge in [-0.2, -0.15) is 5.10 Å². The van der Waals surface area contributed by atoms with Crippen LogP contribution in [-0.4, -0.2) is 45.3 Å².